The van der Waals surface area contributed by atoms with E-state index in [1.165, 1.54) is 4.88 Å². The van der Waals surface area contributed by atoms with Crippen molar-refractivity contribution in [1.29, 1.82) is 0 Å². The predicted molar refractivity (Wildman–Crippen MR) is 78.9 cm³/mol. The van der Waals surface area contributed by atoms with Crippen LogP contribution >= 0.6 is 23.1 Å². The van der Waals surface area contributed by atoms with E-state index in [2.05, 4.69) is 16.4 Å². The lowest BCUT2D eigenvalue weighted by Gasteiger charge is -2.34. The van der Waals surface area contributed by atoms with E-state index in [1.54, 1.807) is 17.5 Å². The zero-order chi connectivity index (χ0) is 13.1. The van der Waals surface area contributed by atoms with E-state index in [-0.39, 0.29) is 11.3 Å². The number of carbonyl (C=O) groups excluding carboxylic acids is 1. The highest BCUT2D eigenvalue weighted by atomic mass is 32.2. The van der Waals surface area contributed by atoms with Crippen molar-refractivity contribution in [3.05, 3.63) is 52.5 Å². The molecule has 3 rings (SSSR count). The molecule has 19 heavy (non-hydrogen) atoms. The second-order valence-electron chi connectivity index (χ2n) is 4.37. The van der Waals surface area contributed by atoms with Crippen LogP contribution in [0.25, 0.3) is 0 Å². The van der Waals surface area contributed by atoms with Crippen LogP contribution in [0.15, 0.2) is 42.0 Å². The molecule has 1 amide bonds. The number of carbonyl (C=O) groups is 1. The maximum Gasteiger partial charge on any atom is 0.224 e. The van der Waals surface area contributed by atoms with Gasteiger partial charge in [-0.2, -0.15) is 0 Å². The van der Waals surface area contributed by atoms with Gasteiger partial charge in [-0.3, -0.25) is 9.78 Å². The molecule has 2 aromatic heterocycles. The molecular formula is C14H14N2OS2. The van der Waals surface area contributed by atoms with Crippen LogP contribution in [0, 0.1) is 0 Å². The Labute approximate surface area is 120 Å². The van der Waals surface area contributed by atoms with Gasteiger partial charge in [-0.25, -0.2) is 0 Å². The molecule has 98 valence electrons. The number of pyridine rings is 1. The molecule has 0 spiro atoms. The van der Waals surface area contributed by atoms with Crippen molar-refractivity contribution in [3.8, 4) is 0 Å². The van der Waals surface area contributed by atoms with Crippen LogP contribution < -0.4 is 0 Å². The fraction of sp³-hybridized carbons (Fsp3) is 0.286. The van der Waals surface area contributed by atoms with Crippen molar-refractivity contribution in [1.82, 2.24) is 9.88 Å². The van der Waals surface area contributed by atoms with E-state index >= 15 is 0 Å². The van der Waals surface area contributed by atoms with Gasteiger partial charge < -0.3 is 4.90 Å². The van der Waals surface area contributed by atoms with Gasteiger partial charge in [0, 0.05) is 36.0 Å². The summed E-state index contributed by atoms with van der Waals surface area (Å²) in [5.74, 6) is 1.14. The minimum absolute atomic E-state index is 0.154. The minimum Gasteiger partial charge on any atom is -0.321 e. The molecule has 3 nitrogen and oxygen atoms in total. The molecule has 0 N–H and O–H groups in total. The molecule has 1 atom stereocenters. The molecule has 0 radical (unpaired) electrons. The Hall–Kier alpha value is -1.33. The Bertz CT molecular complexity index is 542. The van der Waals surface area contributed by atoms with Crippen molar-refractivity contribution < 1.29 is 4.79 Å². The van der Waals surface area contributed by atoms with E-state index in [9.17, 15) is 4.79 Å². The summed E-state index contributed by atoms with van der Waals surface area (Å²) in [4.78, 5) is 19.5. The number of hydrogen-bond acceptors (Lipinski definition) is 4. The first-order chi connectivity index (χ1) is 9.34. The van der Waals surface area contributed by atoms with Gasteiger partial charge in [0.25, 0.3) is 0 Å². The molecule has 2 aromatic rings. The number of amides is 1. The van der Waals surface area contributed by atoms with Crippen LogP contribution in [0.5, 0.6) is 0 Å². The molecule has 0 aromatic carbocycles. The number of thiophene rings is 1. The zero-order valence-electron chi connectivity index (χ0n) is 10.4. The summed E-state index contributed by atoms with van der Waals surface area (Å²) in [5, 5.41) is 2.22. The fourth-order valence-electron chi connectivity index (χ4n) is 2.15. The normalized spacial score (nSPS) is 19.7. The van der Waals surface area contributed by atoms with Crippen molar-refractivity contribution in [3.63, 3.8) is 0 Å². The van der Waals surface area contributed by atoms with Crippen LogP contribution in [0.1, 0.15) is 22.2 Å². The number of thioether (sulfide) groups is 1. The summed E-state index contributed by atoms with van der Waals surface area (Å²) in [6, 6.07) is 8.08. The number of hydrogen-bond donors (Lipinski definition) is 0. The lowest BCUT2D eigenvalue weighted by atomic mass is 10.2. The van der Waals surface area contributed by atoms with E-state index in [0.29, 0.717) is 13.0 Å². The van der Waals surface area contributed by atoms with Crippen LogP contribution in [0.4, 0.5) is 0 Å². The molecule has 3 heterocycles. The Balaban J connectivity index is 1.84. The van der Waals surface area contributed by atoms with Gasteiger partial charge in [0.1, 0.15) is 5.37 Å². The third-order valence-electron chi connectivity index (χ3n) is 3.06. The van der Waals surface area contributed by atoms with Crippen molar-refractivity contribution in [2.75, 3.05) is 5.75 Å². The van der Waals surface area contributed by atoms with Gasteiger partial charge in [-0.1, -0.05) is 12.1 Å². The van der Waals surface area contributed by atoms with Gasteiger partial charge in [0.15, 0.2) is 0 Å². The van der Waals surface area contributed by atoms with E-state index < -0.39 is 0 Å². The Morgan fingerprint density at radius 1 is 1.37 bits per heavy atom. The number of aromatic nitrogens is 1. The first kappa shape index (κ1) is 12.7. The van der Waals surface area contributed by atoms with Crippen molar-refractivity contribution in [2.24, 2.45) is 0 Å². The van der Waals surface area contributed by atoms with Crippen LogP contribution in [-0.4, -0.2) is 21.5 Å². The number of nitrogens with zero attached hydrogens (tertiary/aromatic N) is 2. The Morgan fingerprint density at radius 2 is 2.32 bits per heavy atom. The van der Waals surface area contributed by atoms with Gasteiger partial charge in [0.05, 0.1) is 0 Å². The third kappa shape index (κ3) is 2.82. The third-order valence-corrected chi connectivity index (χ3v) is 5.40. The summed E-state index contributed by atoms with van der Waals surface area (Å²) >= 11 is 3.56. The molecule has 1 saturated heterocycles. The maximum absolute atomic E-state index is 12.2. The summed E-state index contributed by atoms with van der Waals surface area (Å²) in [5.41, 5.74) is 1.08. The molecule has 1 aliphatic heterocycles. The van der Waals surface area contributed by atoms with Crippen LogP contribution in [0.2, 0.25) is 0 Å². The van der Waals surface area contributed by atoms with E-state index in [0.717, 1.165) is 11.3 Å². The van der Waals surface area contributed by atoms with Gasteiger partial charge in [-0.15, -0.1) is 23.1 Å². The van der Waals surface area contributed by atoms with Crippen LogP contribution in [0.3, 0.4) is 0 Å². The summed E-state index contributed by atoms with van der Waals surface area (Å²) in [6.07, 6.45) is 4.22. The van der Waals surface area contributed by atoms with Gasteiger partial charge in [0.2, 0.25) is 5.91 Å². The maximum atomic E-state index is 12.2. The van der Waals surface area contributed by atoms with Crippen molar-refractivity contribution in [2.45, 2.75) is 18.3 Å². The second kappa shape index (κ2) is 5.75. The lowest BCUT2D eigenvalue weighted by molar-refractivity contribution is -0.132. The van der Waals surface area contributed by atoms with Crippen molar-refractivity contribution >= 4 is 29.0 Å². The molecule has 1 aliphatic rings. The largest absolute Gasteiger partial charge is 0.321 e. The number of rotatable bonds is 3. The minimum atomic E-state index is 0.154. The fourth-order valence-corrected chi connectivity index (χ4v) is 4.37. The lowest BCUT2D eigenvalue weighted by Crippen LogP contribution is -2.36. The molecule has 5 heteroatoms. The summed E-state index contributed by atoms with van der Waals surface area (Å²) in [7, 11) is 0. The van der Waals surface area contributed by atoms with Crippen LogP contribution in [-0.2, 0) is 11.3 Å². The average Bonchev–Trinajstić information content (AvgIpc) is 2.96. The smallest absolute Gasteiger partial charge is 0.224 e. The second-order valence-corrected chi connectivity index (χ2v) is 6.54. The standard InChI is InChI=1S/C14H14N2OS2/c17-13-5-8-19-14(12-4-2-7-18-12)16(13)10-11-3-1-6-15-9-11/h1-4,6-7,9,14H,5,8,10H2. The molecular weight excluding hydrogens is 276 g/mol. The first-order valence-corrected chi connectivity index (χ1v) is 8.11. The quantitative estimate of drug-likeness (QED) is 0.869. The molecule has 0 aliphatic carbocycles. The van der Waals surface area contributed by atoms with Gasteiger partial charge in [-0.05, 0) is 23.1 Å². The Kier molecular flexibility index (Phi) is 3.84. The topological polar surface area (TPSA) is 33.2 Å². The first-order valence-electron chi connectivity index (χ1n) is 6.18. The highest BCUT2D eigenvalue weighted by molar-refractivity contribution is 7.99. The average molecular weight is 290 g/mol. The summed E-state index contributed by atoms with van der Waals surface area (Å²) in [6.45, 7) is 0.641. The molecule has 0 saturated carbocycles. The van der Waals surface area contributed by atoms with E-state index in [4.69, 9.17) is 0 Å². The summed E-state index contributed by atoms with van der Waals surface area (Å²) < 4.78 is 0. The SMILES string of the molecule is O=C1CCSC(c2cccs2)N1Cc1cccnc1. The Morgan fingerprint density at radius 3 is 3.05 bits per heavy atom. The highest BCUT2D eigenvalue weighted by Gasteiger charge is 2.30. The predicted octanol–water partition coefficient (Wildman–Crippen LogP) is 3.31. The highest BCUT2D eigenvalue weighted by Crippen LogP contribution is 2.40. The monoisotopic (exact) mass is 290 g/mol. The zero-order valence-corrected chi connectivity index (χ0v) is 12.0. The van der Waals surface area contributed by atoms with Gasteiger partial charge >= 0.3 is 0 Å². The molecule has 1 unspecified atom stereocenters. The van der Waals surface area contributed by atoms with E-state index in [1.807, 2.05) is 41.1 Å². The molecule has 0 bridgehead atoms. The molecule has 1 fully saturated rings.